The minimum absolute atomic E-state index is 0.0790. The predicted octanol–water partition coefficient (Wildman–Crippen LogP) is 1.97. The number of nitrogens with zero attached hydrogens (tertiary/aromatic N) is 1. The Kier molecular flexibility index (Phi) is 9.44. The maximum Gasteiger partial charge on any atom is 0.341 e. The number of ether oxygens (including phenoxy) is 3. The Labute approximate surface area is 185 Å². The van der Waals surface area contributed by atoms with Crippen molar-refractivity contribution in [3.05, 3.63) is 35.2 Å². The maximum absolute atomic E-state index is 12.7. The van der Waals surface area contributed by atoms with Crippen LogP contribution in [0.2, 0.25) is 0 Å². The number of hydrogen-bond donors (Lipinski definition) is 2. The minimum atomic E-state index is -0.547. The molecule has 1 aromatic carbocycles. The number of thiophene rings is 1. The van der Waals surface area contributed by atoms with Crippen molar-refractivity contribution in [2.45, 2.75) is 6.92 Å². The van der Waals surface area contributed by atoms with Crippen LogP contribution in [0.1, 0.15) is 17.3 Å². The Bertz CT molecular complexity index is 897. The van der Waals surface area contributed by atoms with Crippen molar-refractivity contribution in [3.8, 4) is 16.9 Å². The van der Waals surface area contributed by atoms with E-state index in [1.54, 1.807) is 36.4 Å². The molecule has 10 heteroatoms. The van der Waals surface area contributed by atoms with E-state index in [0.717, 1.165) is 5.56 Å². The molecule has 31 heavy (non-hydrogen) atoms. The molecule has 0 atom stereocenters. The molecule has 1 heterocycles. The van der Waals surface area contributed by atoms with Gasteiger partial charge < -0.3 is 25.3 Å². The molecule has 9 nitrogen and oxygen atoms in total. The van der Waals surface area contributed by atoms with E-state index in [1.165, 1.54) is 18.4 Å². The number of methoxy groups -OCH3 is 2. The number of carbonyl (C=O) groups excluding carboxylic acids is 3. The van der Waals surface area contributed by atoms with Gasteiger partial charge in [0.05, 0.1) is 33.4 Å². The molecule has 168 valence electrons. The lowest BCUT2D eigenvalue weighted by Crippen LogP contribution is -2.40. The Morgan fingerprint density at radius 1 is 1.13 bits per heavy atom. The van der Waals surface area contributed by atoms with Crippen LogP contribution in [0.5, 0.6) is 5.75 Å². The van der Waals surface area contributed by atoms with Gasteiger partial charge in [0.2, 0.25) is 11.8 Å². The molecule has 0 saturated heterocycles. The molecule has 0 spiro atoms. The van der Waals surface area contributed by atoms with Gasteiger partial charge in [-0.3, -0.25) is 14.5 Å². The van der Waals surface area contributed by atoms with Crippen LogP contribution in [0.3, 0.4) is 0 Å². The first kappa shape index (κ1) is 24.3. The molecule has 2 amide bonds. The first-order chi connectivity index (χ1) is 14.9. The summed E-state index contributed by atoms with van der Waals surface area (Å²) in [5, 5.41) is 4.92. The fourth-order valence-corrected chi connectivity index (χ4v) is 3.84. The van der Waals surface area contributed by atoms with Crippen LogP contribution in [0, 0.1) is 0 Å². The van der Waals surface area contributed by atoms with Crippen LogP contribution in [0.25, 0.3) is 11.1 Å². The van der Waals surface area contributed by atoms with E-state index in [2.05, 4.69) is 5.32 Å². The number of hydrogen-bond acceptors (Lipinski definition) is 8. The molecule has 0 unspecified atom stereocenters. The third-order valence-corrected chi connectivity index (χ3v) is 5.18. The molecule has 2 aromatic rings. The predicted molar refractivity (Wildman–Crippen MR) is 118 cm³/mol. The second kappa shape index (κ2) is 12.0. The molecule has 0 aliphatic rings. The molecule has 1 aromatic heterocycles. The van der Waals surface area contributed by atoms with E-state index in [9.17, 15) is 14.4 Å². The van der Waals surface area contributed by atoms with Crippen LogP contribution < -0.4 is 15.8 Å². The monoisotopic (exact) mass is 449 g/mol. The lowest BCUT2D eigenvalue weighted by atomic mass is 10.0. The first-order valence-electron chi connectivity index (χ1n) is 9.62. The lowest BCUT2D eigenvalue weighted by molar-refractivity contribution is -0.121. The van der Waals surface area contributed by atoms with Crippen LogP contribution in [-0.4, -0.2) is 69.8 Å². The Morgan fingerprint density at radius 2 is 1.84 bits per heavy atom. The summed E-state index contributed by atoms with van der Waals surface area (Å²) in [6.07, 6.45) is 0. The summed E-state index contributed by atoms with van der Waals surface area (Å²) >= 11 is 1.22. The van der Waals surface area contributed by atoms with Crippen molar-refractivity contribution >= 4 is 34.1 Å². The summed E-state index contributed by atoms with van der Waals surface area (Å²) in [4.78, 5) is 38.1. The molecule has 3 N–H and O–H groups in total. The van der Waals surface area contributed by atoms with Crippen molar-refractivity contribution in [1.29, 1.82) is 0 Å². The van der Waals surface area contributed by atoms with E-state index in [1.807, 2.05) is 12.1 Å². The van der Waals surface area contributed by atoms with Gasteiger partial charge in [-0.15, -0.1) is 11.3 Å². The number of nitrogens with two attached hydrogens (primary N) is 1. The smallest absolute Gasteiger partial charge is 0.341 e. The second-order valence-electron chi connectivity index (χ2n) is 6.52. The van der Waals surface area contributed by atoms with Gasteiger partial charge >= 0.3 is 5.97 Å². The molecular weight excluding hydrogens is 422 g/mol. The minimum Gasteiger partial charge on any atom is -0.497 e. The topological polar surface area (TPSA) is 120 Å². The van der Waals surface area contributed by atoms with Gasteiger partial charge in [0.1, 0.15) is 16.3 Å². The highest BCUT2D eigenvalue weighted by Gasteiger charge is 2.23. The first-order valence-corrected chi connectivity index (χ1v) is 10.5. The average molecular weight is 450 g/mol. The van der Waals surface area contributed by atoms with Gasteiger partial charge in [0.15, 0.2) is 0 Å². The molecule has 2 rings (SSSR count). The van der Waals surface area contributed by atoms with Gasteiger partial charge in [0, 0.05) is 24.6 Å². The summed E-state index contributed by atoms with van der Waals surface area (Å²) in [5.74, 6) is -0.769. The Morgan fingerprint density at radius 3 is 2.42 bits per heavy atom. The Balaban J connectivity index is 2.26. The fourth-order valence-electron chi connectivity index (χ4n) is 2.86. The molecule has 0 fully saturated rings. The molecule has 0 radical (unpaired) electrons. The standard InChI is InChI=1S/C21H27N3O6S/c1-4-30-21(27)19-16(14-5-7-15(29-3)8-6-14)13-31-20(19)23-18(26)12-24(9-10-28-2)11-17(22)25/h5-8,13H,4,9-12H2,1-3H3,(H2,22,25)(H,23,26). The van der Waals surface area contributed by atoms with Crippen LogP contribution in [0.15, 0.2) is 29.6 Å². The summed E-state index contributed by atoms with van der Waals surface area (Å²) in [6, 6.07) is 7.23. The Hall–Kier alpha value is -2.95. The van der Waals surface area contributed by atoms with Crippen molar-refractivity contribution in [1.82, 2.24) is 4.90 Å². The molecule has 0 bridgehead atoms. The van der Waals surface area contributed by atoms with Gasteiger partial charge in [0.25, 0.3) is 0 Å². The zero-order chi connectivity index (χ0) is 22.8. The summed E-state index contributed by atoms with van der Waals surface area (Å²) in [5.41, 5.74) is 6.97. The molecule has 0 aliphatic heterocycles. The van der Waals surface area contributed by atoms with Gasteiger partial charge in [-0.1, -0.05) is 12.1 Å². The molecular formula is C21H27N3O6S. The van der Waals surface area contributed by atoms with E-state index in [-0.39, 0.29) is 31.2 Å². The van der Waals surface area contributed by atoms with E-state index in [0.29, 0.717) is 29.5 Å². The van der Waals surface area contributed by atoms with Crippen molar-refractivity contribution in [2.75, 3.05) is 52.4 Å². The van der Waals surface area contributed by atoms with Crippen LogP contribution in [-0.2, 0) is 19.1 Å². The summed E-state index contributed by atoms with van der Waals surface area (Å²) < 4.78 is 15.4. The number of amides is 2. The van der Waals surface area contributed by atoms with E-state index in [4.69, 9.17) is 19.9 Å². The van der Waals surface area contributed by atoms with E-state index < -0.39 is 11.9 Å². The van der Waals surface area contributed by atoms with Crippen LogP contribution in [0.4, 0.5) is 5.00 Å². The second-order valence-corrected chi connectivity index (χ2v) is 7.40. The van der Waals surface area contributed by atoms with Crippen LogP contribution >= 0.6 is 11.3 Å². The number of benzene rings is 1. The van der Waals surface area contributed by atoms with Crippen molar-refractivity contribution in [3.63, 3.8) is 0 Å². The normalized spacial score (nSPS) is 10.7. The molecule has 0 aliphatic carbocycles. The third-order valence-electron chi connectivity index (χ3n) is 4.28. The van der Waals surface area contributed by atoms with E-state index >= 15 is 0 Å². The number of nitrogens with one attached hydrogen (secondary N) is 1. The quantitative estimate of drug-likeness (QED) is 0.475. The number of anilines is 1. The largest absolute Gasteiger partial charge is 0.497 e. The van der Waals surface area contributed by atoms with Gasteiger partial charge in [-0.25, -0.2) is 4.79 Å². The average Bonchev–Trinajstić information content (AvgIpc) is 3.15. The summed E-state index contributed by atoms with van der Waals surface area (Å²) in [6.45, 7) is 2.46. The number of primary amides is 1. The number of carbonyl (C=O) groups is 3. The SMILES string of the molecule is CCOC(=O)c1c(-c2ccc(OC)cc2)csc1NC(=O)CN(CCOC)CC(N)=O. The maximum atomic E-state index is 12.7. The van der Waals surface area contributed by atoms with Gasteiger partial charge in [-0.2, -0.15) is 0 Å². The third kappa shape index (κ3) is 7.06. The number of esters is 1. The van der Waals surface area contributed by atoms with Crippen molar-refractivity contribution in [2.24, 2.45) is 5.73 Å². The fraction of sp³-hybridized carbons (Fsp3) is 0.381. The van der Waals surface area contributed by atoms with Gasteiger partial charge in [-0.05, 0) is 24.6 Å². The highest BCUT2D eigenvalue weighted by atomic mass is 32.1. The highest BCUT2D eigenvalue weighted by Crippen LogP contribution is 2.36. The zero-order valence-electron chi connectivity index (χ0n) is 17.8. The highest BCUT2D eigenvalue weighted by molar-refractivity contribution is 7.15. The van der Waals surface area contributed by atoms with Crippen molar-refractivity contribution < 1.29 is 28.6 Å². The number of rotatable bonds is 12. The molecule has 0 saturated carbocycles. The zero-order valence-corrected chi connectivity index (χ0v) is 18.6. The summed E-state index contributed by atoms with van der Waals surface area (Å²) in [7, 11) is 3.10. The lowest BCUT2D eigenvalue weighted by Gasteiger charge is -2.19.